The Morgan fingerprint density at radius 2 is 2.03 bits per heavy atom. The number of alkyl halides is 2. The van der Waals surface area contributed by atoms with E-state index in [1.54, 1.807) is 19.1 Å². The number of nitriles is 1. The maximum atomic E-state index is 15.0. The fourth-order valence-corrected chi connectivity index (χ4v) is 4.18. The van der Waals surface area contributed by atoms with Crippen molar-refractivity contribution >= 4 is 29.2 Å². The molecule has 5 rings (SSSR count). The SMILES string of the molecule is CC1=NCC(C(=O)N2CC[C@H](Oc3ccc(-c4cc(NC(=O)C5CC5)ncn4)cc3C#N)C(F)(F)C2)=N1. The maximum Gasteiger partial charge on any atom is 0.301 e. The van der Waals surface area contributed by atoms with Crippen molar-refractivity contribution in [3.05, 3.63) is 36.2 Å². The number of carbonyl (C=O) groups excluding carboxylic acids is 2. The Morgan fingerprint density at radius 1 is 1.22 bits per heavy atom. The minimum absolute atomic E-state index is 0.0104. The Balaban J connectivity index is 1.28. The van der Waals surface area contributed by atoms with Crippen LogP contribution >= 0.6 is 0 Å². The lowest BCUT2D eigenvalue weighted by atomic mass is 10.0. The van der Waals surface area contributed by atoms with Gasteiger partial charge < -0.3 is 15.0 Å². The number of rotatable bonds is 6. The molecule has 1 saturated heterocycles. The normalized spacial score (nSPS) is 20.5. The molecule has 3 heterocycles. The van der Waals surface area contributed by atoms with E-state index < -0.39 is 24.5 Å². The predicted molar refractivity (Wildman–Crippen MR) is 130 cm³/mol. The summed E-state index contributed by atoms with van der Waals surface area (Å²) in [6.07, 6.45) is 1.38. The monoisotopic (exact) mass is 507 g/mol. The molecule has 1 aromatic heterocycles. The van der Waals surface area contributed by atoms with Crippen LogP contribution in [0.25, 0.3) is 11.3 Å². The van der Waals surface area contributed by atoms with Gasteiger partial charge in [0.2, 0.25) is 5.91 Å². The summed E-state index contributed by atoms with van der Waals surface area (Å²) < 4.78 is 35.6. The molecule has 2 amide bonds. The van der Waals surface area contributed by atoms with Gasteiger partial charge in [-0.05, 0) is 38.0 Å². The molecule has 2 aromatic rings. The van der Waals surface area contributed by atoms with E-state index in [0.29, 0.717) is 22.9 Å². The van der Waals surface area contributed by atoms with Crippen molar-refractivity contribution < 1.29 is 23.1 Å². The Morgan fingerprint density at radius 3 is 2.70 bits per heavy atom. The van der Waals surface area contributed by atoms with Crippen LogP contribution in [-0.4, -0.2) is 69.9 Å². The van der Waals surface area contributed by atoms with E-state index in [4.69, 9.17) is 4.74 Å². The number of nitrogens with one attached hydrogen (secondary N) is 1. The summed E-state index contributed by atoms with van der Waals surface area (Å²) in [7, 11) is 0. The van der Waals surface area contributed by atoms with E-state index in [-0.39, 0.29) is 48.4 Å². The number of amidine groups is 1. The molecule has 37 heavy (non-hydrogen) atoms. The molecule has 1 atom stereocenters. The number of aliphatic imine (C=N–C) groups is 2. The number of anilines is 1. The number of ether oxygens (including phenoxy) is 1. The van der Waals surface area contributed by atoms with Gasteiger partial charge in [0.25, 0.3) is 5.91 Å². The van der Waals surface area contributed by atoms with Crippen molar-refractivity contribution in [1.29, 1.82) is 5.26 Å². The Hall–Kier alpha value is -4.27. The van der Waals surface area contributed by atoms with Crippen LogP contribution in [0, 0.1) is 17.2 Å². The van der Waals surface area contributed by atoms with Crippen LogP contribution in [0.1, 0.15) is 31.7 Å². The van der Waals surface area contributed by atoms with Crippen LogP contribution in [0.3, 0.4) is 0 Å². The van der Waals surface area contributed by atoms with E-state index in [1.807, 2.05) is 6.07 Å². The highest BCUT2D eigenvalue weighted by Crippen LogP contribution is 2.34. The Kier molecular flexibility index (Phi) is 6.37. The zero-order valence-electron chi connectivity index (χ0n) is 19.9. The molecule has 12 heteroatoms. The number of halogens is 2. The quantitative estimate of drug-likeness (QED) is 0.639. The number of piperidine rings is 1. The first-order chi connectivity index (χ1) is 17.7. The summed E-state index contributed by atoms with van der Waals surface area (Å²) in [5.74, 6) is -3.18. The summed E-state index contributed by atoms with van der Waals surface area (Å²) in [5.41, 5.74) is 1.20. The van der Waals surface area contributed by atoms with Gasteiger partial charge in [0.15, 0.2) is 6.10 Å². The number of aromatic nitrogens is 2. The zero-order chi connectivity index (χ0) is 26.2. The topological polar surface area (TPSA) is 133 Å². The molecule has 1 N–H and O–H groups in total. The molecule has 10 nitrogen and oxygen atoms in total. The van der Waals surface area contributed by atoms with Gasteiger partial charge in [-0.3, -0.25) is 14.6 Å². The number of likely N-dealkylation sites (tertiary alicyclic amines) is 1. The Labute approximate surface area is 211 Å². The second-order valence-electron chi connectivity index (χ2n) is 9.18. The van der Waals surface area contributed by atoms with Crippen molar-refractivity contribution in [2.45, 2.75) is 38.2 Å². The van der Waals surface area contributed by atoms with E-state index in [1.165, 1.54) is 18.5 Å². The first-order valence-corrected chi connectivity index (χ1v) is 11.8. The Bertz CT molecular complexity index is 1360. The summed E-state index contributed by atoms with van der Waals surface area (Å²) in [6.45, 7) is 0.979. The fraction of sp³-hybridized carbons (Fsp3) is 0.400. The molecule has 1 aliphatic carbocycles. The standard InChI is InChI=1S/C25H23F2N7O3/c1-14-29-11-19(32-14)24(36)34-7-6-21(25(26,27)12-34)37-20-5-4-16(8-17(20)10-28)18-9-22(31-13-30-18)33-23(35)15-2-3-15/h4-5,8-9,13,15,21H,2-3,6-7,11-12H2,1H3,(H,30,31,33,35)/t21-/m0/s1. The average Bonchev–Trinajstić information content (AvgIpc) is 3.65. The molecule has 2 fully saturated rings. The van der Waals surface area contributed by atoms with Crippen LogP contribution in [-0.2, 0) is 9.59 Å². The number of nitrogens with zero attached hydrogens (tertiary/aromatic N) is 6. The molecule has 3 aliphatic rings. The highest BCUT2D eigenvalue weighted by Gasteiger charge is 2.48. The number of benzene rings is 1. The van der Waals surface area contributed by atoms with Crippen molar-refractivity contribution in [2.75, 3.05) is 25.0 Å². The highest BCUT2D eigenvalue weighted by atomic mass is 19.3. The average molecular weight is 508 g/mol. The molecule has 0 bridgehead atoms. The third-order valence-corrected chi connectivity index (χ3v) is 6.35. The molecule has 0 radical (unpaired) electrons. The largest absolute Gasteiger partial charge is 0.483 e. The third kappa shape index (κ3) is 5.30. The molecule has 190 valence electrons. The first-order valence-electron chi connectivity index (χ1n) is 11.8. The summed E-state index contributed by atoms with van der Waals surface area (Å²) in [4.78, 5) is 41.9. The fourth-order valence-electron chi connectivity index (χ4n) is 4.18. The molecule has 0 unspecified atom stereocenters. The van der Waals surface area contributed by atoms with Gasteiger partial charge >= 0.3 is 5.92 Å². The van der Waals surface area contributed by atoms with Crippen LogP contribution in [0.5, 0.6) is 5.75 Å². The summed E-state index contributed by atoms with van der Waals surface area (Å²) in [5, 5.41) is 12.4. The number of hydrogen-bond donors (Lipinski definition) is 1. The smallest absolute Gasteiger partial charge is 0.301 e. The van der Waals surface area contributed by atoms with Crippen LogP contribution in [0.2, 0.25) is 0 Å². The molecule has 1 saturated carbocycles. The van der Waals surface area contributed by atoms with Crippen molar-refractivity contribution in [3.63, 3.8) is 0 Å². The zero-order valence-corrected chi connectivity index (χ0v) is 19.9. The number of hydrogen-bond acceptors (Lipinski definition) is 8. The highest BCUT2D eigenvalue weighted by molar-refractivity contribution is 6.42. The number of amides is 2. The minimum Gasteiger partial charge on any atom is -0.483 e. The lowest BCUT2D eigenvalue weighted by Crippen LogP contribution is -2.56. The van der Waals surface area contributed by atoms with Crippen LogP contribution in [0.15, 0.2) is 40.6 Å². The molecule has 2 aliphatic heterocycles. The van der Waals surface area contributed by atoms with Gasteiger partial charge in [0.05, 0.1) is 24.3 Å². The predicted octanol–water partition coefficient (Wildman–Crippen LogP) is 2.85. The van der Waals surface area contributed by atoms with Gasteiger partial charge in [0, 0.05) is 30.5 Å². The van der Waals surface area contributed by atoms with Crippen molar-refractivity contribution in [2.24, 2.45) is 15.9 Å². The van der Waals surface area contributed by atoms with Gasteiger partial charge in [-0.2, -0.15) is 5.26 Å². The van der Waals surface area contributed by atoms with Gasteiger partial charge in [0.1, 0.15) is 35.5 Å². The lowest BCUT2D eigenvalue weighted by molar-refractivity contribution is -0.155. The molecular formula is C25H23F2N7O3. The third-order valence-electron chi connectivity index (χ3n) is 6.35. The van der Waals surface area contributed by atoms with Gasteiger partial charge in [-0.15, -0.1) is 0 Å². The molecule has 0 spiro atoms. The van der Waals surface area contributed by atoms with Crippen molar-refractivity contribution in [1.82, 2.24) is 14.9 Å². The second-order valence-corrected chi connectivity index (χ2v) is 9.18. The van der Waals surface area contributed by atoms with Crippen molar-refractivity contribution in [3.8, 4) is 23.1 Å². The lowest BCUT2D eigenvalue weighted by Gasteiger charge is -2.38. The van der Waals surface area contributed by atoms with Gasteiger partial charge in [-0.1, -0.05) is 0 Å². The van der Waals surface area contributed by atoms with Crippen LogP contribution in [0.4, 0.5) is 14.6 Å². The van der Waals surface area contributed by atoms with Crippen LogP contribution < -0.4 is 10.1 Å². The molecule has 1 aromatic carbocycles. The first kappa shape index (κ1) is 24.4. The van der Waals surface area contributed by atoms with E-state index >= 15 is 0 Å². The van der Waals surface area contributed by atoms with E-state index in [2.05, 4.69) is 25.3 Å². The van der Waals surface area contributed by atoms with E-state index in [0.717, 1.165) is 17.7 Å². The molecular weight excluding hydrogens is 484 g/mol. The summed E-state index contributed by atoms with van der Waals surface area (Å²) >= 11 is 0. The van der Waals surface area contributed by atoms with Gasteiger partial charge in [-0.25, -0.2) is 23.7 Å². The van der Waals surface area contributed by atoms with E-state index in [9.17, 15) is 23.6 Å². The maximum absolute atomic E-state index is 15.0. The number of carbonyl (C=O) groups is 2. The summed E-state index contributed by atoms with van der Waals surface area (Å²) in [6, 6.07) is 8.10. The second kappa shape index (κ2) is 9.65. The minimum atomic E-state index is -3.34.